The zero-order valence-electron chi connectivity index (χ0n) is 14.2. The Balaban J connectivity index is 2.21. The van der Waals surface area contributed by atoms with Crippen LogP contribution in [-0.4, -0.2) is 56.2 Å². The third kappa shape index (κ3) is 5.39. The normalized spacial score (nSPS) is 17.4. The lowest BCUT2D eigenvalue weighted by Gasteiger charge is -2.24. The van der Waals surface area contributed by atoms with Crippen LogP contribution in [0.5, 0.6) is 0 Å². The van der Waals surface area contributed by atoms with Crippen LogP contribution in [-0.2, 0) is 29.9 Å². The minimum absolute atomic E-state index is 0.213. The Bertz CT molecular complexity index is 734. The smallest absolute Gasteiger partial charge is 0.498 e. The van der Waals surface area contributed by atoms with E-state index in [-0.39, 0.29) is 19.4 Å². The zero-order valence-corrected chi connectivity index (χ0v) is 14.2. The third-order valence-electron chi connectivity index (χ3n) is 3.77. The number of hydrogen-bond donors (Lipinski definition) is 0. The Morgan fingerprint density at radius 2 is 1.78 bits per heavy atom. The minimum Gasteiger partial charge on any atom is -0.498 e. The van der Waals surface area contributed by atoms with Gasteiger partial charge in [-0.3, -0.25) is 19.3 Å². The summed E-state index contributed by atoms with van der Waals surface area (Å²) in [6.07, 6.45) is -5.27. The molecule has 0 bridgehead atoms. The molecule has 1 aliphatic heterocycles. The van der Waals surface area contributed by atoms with Crippen molar-refractivity contribution in [1.29, 1.82) is 0 Å². The maximum absolute atomic E-state index is 13.1. The number of rotatable bonds is 5. The molecule has 2 rings (SSSR count). The number of ketones is 1. The second kappa shape index (κ2) is 8.34. The van der Waals surface area contributed by atoms with Gasteiger partial charge in [-0.25, -0.2) is 0 Å². The molecule has 27 heavy (non-hydrogen) atoms. The first-order chi connectivity index (χ1) is 12.6. The topological polar surface area (TPSA) is 90.0 Å². The van der Waals surface area contributed by atoms with Crippen LogP contribution >= 0.6 is 0 Å². The van der Waals surface area contributed by atoms with Gasteiger partial charge in [0.2, 0.25) is 0 Å². The van der Waals surface area contributed by atoms with E-state index in [1.807, 2.05) is 0 Å². The van der Waals surface area contributed by atoms with Crippen molar-refractivity contribution < 1.29 is 41.7 Å². The molecule has 1 fully saturated rings. The van der Waals surface area contributed by atoms with Gasteiger partial charge in [0.1, 0.15) is 6.29 Å². The van der Waals surface area contributed by atoms with E-state index in [1.54, 1.807) is 0 Å². The largest absolute Gasteiger partial charge is 0.609 e. The van der Waals surface area contributed by atoms with Gasteiger partial charge in [-0.15, -0.1) is 0 Å². The Labute approximate surface area is 152 Å². The molecule has 7 nitrogen and oxygen atoms in total. The number of carbonyl (C=O) groups excluding carboxylic acids is 4. The fourth-order valence-corrected chi connectivity index (χ4v) is 2.54. The summed E-state index contributed by atoms with van der Waals surface area (Å²) in [5, 5.41) is 0. The van der Waals surface area contributed by atoms with E-state index in [0.717, 1.165) is 18.2 Å². The number of Topliss-reactive ketones (excluding diaryl/α,β-unsaturated/α-hetero) is 1. The van der Waals surface area contributed by atoms with Crippen molar-refractivity contribution in [2.75, 3.05) is 20.1 Å². The second-order valence-electron chi connectivity index (χ2n) is 5.99. The summed E-state index contributed by atoms with van der Waals surface area (Å²) in [5.41, 5.74) is -1.77. The standard InChI is InChI=1S/C16H15BF3NO6/c1-21-7-14(24)26-17(27-15(25)8-21)10(9-22)6-13(23)11-4-2-3-5-12(11)16(18,19)20/h2-5,9-10H,6-8H2,1H3. The van der Waals surface area contributed by atoms with Crippen LogP contribution in [0, 0.1) is 0 Å². The summed E-state index contributed by atoms with van der Waals surface area (Å²) < 4.78 is 48.9. The lowest BCUT2D eigenvalue weighted by molar-refractivity contribution is -0.146. The van der Waals surface area contributed by atoms with Crippen molar-refractivity contribution in [2.24, 2.45) is 0 Å². The average Bonchev–Trinajstić information content (AvgIpc) is 2.56. The van der Waals surface area contributed by atoms with Crippen molar-refractivity contribution in [3.63, 3.8) is 0 Å². The van der Waals surface area contributed by atoms with Crippen molar-refractivity contribution in [2.45, 2.75) is 18.4 Å². The number of hydrogen-bond acceptors (Lipinski definition) is 7. The molecule has 1 aliphatic rings. The van der Waals surface area contributed by atoms with E-state index in [0.29, 0.717) is 0 Å². The SMILES string of the molecule is CN1CC(=O)OB(C(C=O)CC(=O)c2ccccc2C(F)(F)F)OC(=O)C1. The molecule has 0 amide bonds. The van der Waals surface area contributed by atoms with Gasteiger partial charge in [-0.1, -0.05) is 18.2 Å². The van der Waals surface area contributed by atoms with Crippen LogP contribution in [0.3, 0.4) is 0 Å². The molecule has 1 atom stereocenters. The molecular formula is C16H15BF3NO6. The molecule has 1 aromatic rings. The quantitative estimate of drug-likeness (QED) is 0.430. The predicted molar refractivity (Wildman–Crippen MR) is 85.6 cm³/mol. The highest BCUT2D eigenvalue weighted by Gasteiger charge is 2.42. The maximum atomic E-state index is 13.1. The molecule has 1 heterocycles. The Kier molecular flexibility index (Phi) is 6.37. The number of nitrogens with zero attached hydrogens (tertiary/aromatic N) is 1. The summed E-state index contributed by atoms with van der Waals surface area (Å²) in [7, 11) is -0.212. The minimum atomic E-state index is -4.76. The molecule has 0 N–H and O–H groups in total. The molecular weight excluding hydrogens is 370 g/mol. The monoisotopic (exact) mass is 385 g/mol. The fourth-order valence-electron chi connectivity index (χ4n) is 2.54. The molecule has 0 saturated carbocycles. The summed E-state index contributed by atoms with van der Waals surface area (Å²) >= 11 is 0. The van der Waals surface area contributed by atoms with E-state index in [2.05, 4.69) is 0 Å². The number of halogens is 3. The molecule has 1 unspecified atom stereocenters. The summed E-state index contributed by atoms with van der Waals surface area (Å²) in [6.45, 7) is -0.496. The van der Waals surface area contributed by atoms with E-state index < -0.39 is 54.4 Å². The van der Waals surface area contributed by atoms with Gasteiger partial charge in [-0.2, -0.15) is 13.2 Å². The van der Waals surface area contributed by atoms with Crippen LogP contribution in [0.4, 0.5) is 13.2 Å². The van der Waals surface area contributed by atoms with Crippen molar-refractivity contribution in [1.82, 2.24) is 4.90 Å². The van der Waals surface area contributed by atoms with Crippen LogP contribution in [0.1, 0.15) is 22.3 Å². The Morgan fingerprint density at radius 1 is 1.22 bits per heavy atom. The van der Waals surface area contributed by atoms with Crippen molar-refractivity contribution in [3.05, 3.63) is 35.4 Å². The van der Waals surface area contributed by atoms with E-state index in [9.17, 15) is 32.3 Å². The maximum Gasteiger partial charge on any atom is 0.609 e. The summed E-state index contributed by atoms with van der Waals surface area (Å²) in [4.78, 5) is 48.5. The number of aldehydes is 1. The van der Waals surface area contributed by atoms with Crippen LogP contribution in [0.15, 0.2) is 24.3 Å². The molecule has 0 aromatic heterocycles. The zero-order chi connectivity index (χ0) is 20.2. The molecule has 0 spiro atoms. The number of alkyl halides is 3. The Hall–Kier alpha value is -2.69. The van der Waals surface area contributed by atoms with Gasteiger partial charge >= 0.3 is 25.2 Å². The molecule has 11 heteroatoms. The predicted octanol–water partition coefficient (Wildman–Crippen LogP) is 1.37. The first-order valence-corrected chi connectivity index (χ1v) is 7.84. The number of benzene rings is 1. The Morgan fingerprint density at radius 3 is 2.30 bits per heavy atom. The molecule has 0 radical (unpaired) electrons. The highest BCUT2D eigenvalue weighted by atomic mass is 19.4. The van der Waals surface area contributed by atoms with Crippen LogP contribution in [0.2, 0.25) is 5.82 Å². The molecule has 144 valence electrons. The third-order valence-corrected chi connectivity index (χ3v) is 3.77. The summed E-state index contributed by atoms with van der Waals surface area (Å²) in [5.74, 6) is -4.03. The summed E-state index contributed by atoms with van der Waals surface area (Å²) in [6, 6.07) is 4.11. The molecule has 0 aliphatic carbocycles. The van der Waals surface area contributed by atoms with Gasteiger partial charge in [0, 0.05) is 12.0 Å². The molecule has 1 aromatic carbocycles. The van der Waals surface area contributed by atoms with Gasteiger partial charge < -0.3 is 14.1 Å². The number of likely N-dealkylation sites (N-methyl/N-ethyl adjacent to an activating group) is 1. The lowest BCUT2D eigenvalue weighted by Crippen LogP contribution is -2.45. The van der Waals surface area contributed by atoms with Gasteiger partial charge in [0.15, 0.2) is 5.78 Å². The van der Waals surface area contributed by atoms with Crippen molar-refractivity contribution in [3.8, 4) is 0 Å². The first kappa shape index (κ1) is 20.6. The van der Waals surface area contributed by atoms with E-state index in [4.69, 9.17) is 9.31 Å². The van der Waals surface area contributed by atoms with Crippen LogP contribution < -0.4 is 0 Å². The average molecular weight is 385 g/mol. The second-order valence-corrected chi connectivity index (χ2v) is 5.99. The molecule has 1 saturated heterocycles. The fraction of sp³-hybridized carbons (Fsp3) is 0.375. The highest BCUT2D eigenvalue weighted by molar-refractivity contribution is 6.55. The van der Waals surface area contributed by atoms with Crippen LogP contribution in [0.25, 0.3) is 0 Å². The van der Waals surface area contributed by atoms with Gasteiger partial charge in [0.25, 0.3) is 0 Å². The highest BCUT2D eigenvalue weighted by Crippen LogP contribution is 2.33. The number of carbonyl (C=O) groups is 4. The van der Waals surface area contributed by atoms with E-state index >= 15 is 0 Å². The van der Waals surface area contributed by atoms with Gasteiger partial charge in [0.05, 0.1) is 24.5 Å². The van der Waals surface area contributed by atoms with Crippen molar-refractivity contribution >= 4 is 31.1 Å². The lowest BCUT2D eigenvalue weighted by atomic mass is 9.69. The van der Waals surface area contributed by atoms with E-state index in [1.165, 1.54) is 18.0 Å². The van der Waals surface area contributed by atoms with Gasteiger partial charge in [-0.05, 0) is 13.1 Å². The first-order valence-electron chi connectivity index (χ1n) is 7.84.